The Balaban J connectivity index is 2.25. The summed E-state index contributed by atoms with van der Waals surface area (Å²) in [6.45, 7) is 8.84. The van der Waals surface area contributed by atoms with Gasteiger partial charge in [0.25, 0.3) is 0 Å². The fraction of sp³-hybridized carbons (Fsp3) is 0.733. The van der Waals surface area contributed by atoms with E-state index >= 15 is 0 Å². The van der Waals surface area contributed by atoms with Crippen LogP contribution >= 0.6 is 11.8 Å². The highest BCUT2D eigenvalue weighted by Crippen LogP contribution is 2.30. The molecule has 1 unspecified atom stereocenters. The van der Waals surface area contributed by atoms with Crippen LogP contribution in [-0.4, -0.2) is 35.4 Å². The van der Waals surface area contributed by atoms with Crippen LogP contribution < -0.4 is 10.2 Å². The summed E-state index contributed by atoms with van der Waals surface area (Å²) in [6, 6.07) is 2.72. The molecule has 1 aliphatic rings. The van der Waals surface area contributed by atoms with Crippen LogP contribution in [0.25, 0.3) is 0 Å². The molecule has 1 atom stereocenters. The second-order valence-electron chi connectivity index (χ2n) is 5.67. The highest BCUT2D eigenvalue weighted by atomic mass is 32.2. The summed E-state index contributed by atoms with van der Waals surface area (Å²) in [4.78, 5) is 11.7. The number of aromatic nitrogens is 2. The van der Waals surface area contributed by atoms with Crippen molar-refractivity contribution in [2.75, 3.05) is 29.6 Å². The van der Waals surface area contributed by atoms with Crippen LogP contribution in [0, 0.1) is 5.92 Å². The summed E-state index contributed by atoms with van der Waals surface area (Å²) in [5.41, 5.74) is 0. The predicted octanol–water partition coefficient (Wildman–Crippen LogP) is 3.65. The van der Waals surface area contributed by atoms with Crippen molar-refractivity contribution in [2.24, 2.45) is 5.92 Å². The first-order valence-corrected chi connectivity index (χ1v) is 8.81. The van der Waals surface area contributed by atoms with Crippen LogP contribution in [0.15, 0.2) is 11.2 Å². The normalized spacial score (nSPS) is 18.9. The molecular weight excluding hydrogens is 268 g/mol. The minimum absolute atomic E-state index is 0.610. The Kier molecular flexibility index (Phi) is 5.52. The number of nitrogens with one attached hydrogen (secondary N) is 1. The zero-order valence-electron chi connectivity index (χ0n) is 13.0. The SMILES string of the molecule is CCCNc1cc(N2CCCC2C(C)C)nc(SC)n1. The number of rotatable bonds is 6. The molecule has 1 aromatic rings. The highest BCUT2D eigenvalue weighted by molar-refractivity contribution is 7.98. The second-order valence-corrected chi connectivity index (χ2v) is 6.45. The summed E-state index contributed by atoms with van der Waals surface area (Å²) in [6.07, 6.45) is 5.67. The Bertz CT molecular complexity index is 436. The molecular formula is C15H26N4S. The van der Waals surface area contributed by atoms with Gasteiger partial charge in [0, 0.05) is 25.2 Å². The number of anilines is 2. The number of nitrogens with zero attached hydrogens (tertiary/aromatic N) is 3. The van der Waals surface area contributed by atoms with Gasteiger partial charge in [0.15, 0.2) is 5.16 Å². The minimum atomic E-state index is 0.610. The smallest absolute Gasteiger partial charge is 0.191 e. The van der Waals surface area contributed by atoms with E-state index in [0.29, 0.717) is 12.0 Å². The maximum atomic E-state index is 4.71. The average Bonchev–Trinajstić information content (AvgIpc) is 2.94. The Labute approximate surface area is 126 Å². The van der Waals surface area contributed by atoms with Gasteiger partial charge in [0.1, 0.15) is 11.6 Å². The van der Waals surface area contributed by atoms with E-state index in [0.717, 1.165) is 36.3 Å². The maximum Gasteiger partial charge on any atom is 0.191 e. The van der Waals surface area contributed by atoms with Gasteiger partial charge in [-0.15, -0.1) is 0 Å². The van der Waals surface area contributed by atoms with Crippen LogP contribution in [0.3, 0.4) is 0 Å². The van der Waals surface area contributed by atoms with E-state index in [2.05, 4.69) is 42.0 Å². The van der Waals surface area contributed by atoms with Gasteiger partial charge in [-0.1, -0.05) is 32.5 Å². The quantitative estimate of drug-likeness (QED) is 0.641. The van der Waals surface area contributed by atoms with Crippen LogP contribution in [0.5, 0.6) is 0 Å². The highest BCUT2D eigenvalue weighted by Gasteiger charge is 2.28. The molecule has 20 heavy (non-hydrogen) atoms. The molecule has 2 heterocycles. The molecule has 1 saturated heterocycles. The molecule has 0 aromatic carbocycles. The third kappa shape index (κ3) is 3.57. The Morgan fingerprint density at radius 1 is 1.45 bits per heavy atom. The number of thioether (sulfide) groups is 1. The first-order chi connectivity index (χ1) is 9.65. The second kappa shape index (κ2) is 7.16. The molecule has 5 heteroatoms. The number of hydrogen-bond acceptors (Lipinski definition) is 5. The first-order valence-electron chi connectivity index (χ1n) is 7.59. The molecule has 1 aromatic heterocycles. The molecule has 0 saturated carbocycles. The van der Waals surface area contributed by atoms with E-state index in [1.54, 1.807) is 11.8 Å². The van der Waals surface area contributed by atoms with Gasteiger partial charge in [0.05, 0.1) is 0 Å². The van der Waals surface area contributed by atoms with Crippen molar-refractivity contribution in [1.82, 2.24) is 9.97 Å². The van der Waals surface area contributed by atoms with Crippen molar-refractivity contribution >= 4 is 23.4 Å². The monoisotopic (exact) mass is 294 g/mol. The molecule has 112 valence electrons. The molecule has 1 N–H and O–H groups in total. The molecule has 0 aliphatic carbocycles. The Hall–Kier alpha value is -0.970. The van der Waals surface area contributed by atoms with E-state index in [1.165, 1.54) is 12.8 Å². The van der Waals surface area contributed by atoms with Gasteiger partial charge in [0.2, 0.25) is 0 Å². The lowest BCUT2D eigenvalue weighted by Gasteiger charge is -2.29. The van der Waals surface area contributed by atoms with Crippen LogP contribution in [-0.2, 0) is 0 Å². The lowest BCUT2D eigenvalue weighted by Crippen LogP contribution is -2.34. The van der Waals surface area contributed by atoms with E-state index in [4.69, 9.17) is 4.98 Å². The van der Waals surface area contributed by atoms with Crippen LogP contribution in [0.1, 0.15) is 40.0 Å². The molecule has 0 spiro atoms. The third-order valence-electron chi connectivity index (χ3n) is 3.79. The predicted molar refractivity (Wildman–Crippen MR) is 87.8 cm³/mol. The summed E-state index contributed by atoms with van der Waals surface area (Å²) in [5, 5.41) is 4.24. The van der Waals surface area contributed by atoms with Crippen LogP contribution in [0.4, 0.5) is 11.6 Å². The molecule has 0 amide bonds. The summed E-state index contributed by atoms with van der Waals surface area (Å²) >= 11 is 1.61. The van der Waals surface area contributed by atoms with E-state index in [1.807, 2.05) is 6.26 Å². The largest absolute Gasteiger partial charge is 0.370 e. The average molecular weight is 294 g/mol. The first kappa shape index (κ1) is 15.4. The van der Waals surface area contributed by atoms with E-state index in [9.17, 15) is 0 Å². The zero-order chi connectivity index (χ0) is 14.5. The molecule has 4 nitrogen and oxygen atoms in total. The summed E-state index contributed by atoms with van der Waals surface area (Å²) in [5.74, 6) is 2.70. The molecule has 1 aliphatic heterocycles. The van der Waals surface area contributed by atoms with Crippen molar-refractivity contribution in [3.05, 3.63) is 6.07 Å². The Morgan fingerprint density at radius 3 is 2.90 bits per heavy atom. The van der Waals surface area contributed by atoms with Gasteiger partial charge >= 0.3 is 0 Å². The van der Waals surface area contributed by atoms with Gasteiger partial charge in [-0.2, -0.15) is 0 Å². The fourth-order valence-corrected chi connectivity index (χ4v) is 3.14. The van der Waals surface area contributed by atoms with Crippen molar-refractivity contribution < 1.29 is 0 Å². The number of hydrogen-bond donors (Lipinski definition) is 1. The van der Waals surface area contributed by atoms with Gasteiger partial charge in [-0.05, 0) is 31.4 Å². The van der Waals surface area contributed by atoms with Crippen molar-refractivity contribution in [3.63, 3.8) is 0 Å². The van der Waals surface area contributed by atoms with Crippen LogP contribution in [0.2, 0.25) is 0 Å². The standard InChI is InChI=1S/C15H26N4S/c1-5-8-16-13-10-14(18-15(17-13)20-4)19-9-6-7-12(19)11(2)3/h10-12H,5-9H2,1-4H3,(H,16,17,18). The summed E-state index contributed by atoms with van der Waals surface area (Å²) in [7, 11) is 0. The van der Waals surface area contributed by atoms with Gasteiger partial charge in [-0.25, -0.2) is 9.97 Å². The lowest BCUT2D eigenvalue weighted by atomic mass is 10.0. The molecule has 2 rings (SSSR count). The molecule has 1 fully saturated rings. The van der Waals surface area contributed by atoms with Crippen molar-refractivity contribution in [3.8, 4) is 0 Å². The lowest BCUT2D eigenvalue weighted by molar-refractivity contribution is 0.489. The zero-order valence-corrected chi connectivity index (χ0v) is 13.8. The third-order valence-corrected chi connectivity index (χ3v) is 4.34. The van der Waals surface area contributed by atoms with E-state index in [-0.39, 0.29) is 0 Å². The maximum absolute atomic E-state index is 4.71. The van der Waals surface area contributed by atoms with Gasteiger partial charge < -0.3 is 10.2 Å². The minimum Gasteiger partial charge on any atom is -0.370 e. The Morgan fingerprint density at radius 2 is 2.25 bits per heavy atom. The van der Waals surface area contributed by atoms with Crippen molar-refractivity contribution in [2.45, 2.75) is 51.2 Å². The van der Waals surface area contributed by atoms with Crippen molar-refractivity contribution in [1.29, 1.82) is 0 Å². The molecule has 0 bridgehead atoms. The van der Waals surface area contributed by atoms with E-state index < -0.39 is 0 Å². The fourth-order valence-electron chi connectivity index (χ4n) is 2.77. The summed E-state index contributed by atoms with van der Waals surface area (Å²) < 4.78 is 0. The van der Waals surface area contributed by atoms with Gasteiger partial charge in [-0.3, -0.25) is 0 Å². The topological polar surface area (TPSA) is 41.0 Å². The molecule has 0 radical (unpaired) electrons.